The third-order valence-corrected chi connectivity index (χ3v) is 5.98. The summed E-state index contributed by atoms with van der Waals surface area (Å²) in [5.41, 5.74) is 1.67. The molecule has 1 saturated heterocycles. The van der Waals surface area contributed by atoms with Crippen molar-refractivity contribution in [1.82, 2.24) is 19.8 Å². The van der Waals surface area contributed by atoms with Crippen LogP contribution in [0, 0.1) is 11.3 Å². The van der Waals surface area contributed by atoms with E-state index in [1.165, 1.54) is 0 Å². The van der Waals surface area contributed by atoms with Gasteiger partial charge >= 0.3 is 0 Å². The topological polar surface area (TPSA) is 67.2 Å². The number of hydrogen-bond acceptors (Lipinski definition) is 3. The Hall–Kier alpha value is -2.63. The molecule has 0 bridgehead atoms. The maximum absolute atomic E-state index is 12.9. The molecule has 1 saturated carbocycles. The van der Waals surface area contributed by atoms with Crippen molar-refractivity contribution < 1.29 is 9.59 Å². The lowest BCUT2D eigenvalue weighted by Gasteiger charge is -2.41. The Labute approximate surface area is 153 Å². The Bertz CT molecular complexity index is 810. The van der Waals surface area contributed by atoms with Crippen LogP contribution >= 0.6 is 0 Å². The van der Waals surface area contributed by atoms with Gasteiger partial charge in [0.05, 0.1) is 5.92 Å². The Morgan fingerprint density at radius 3 is 2.65 bits per heavy atom. The highest BCUT2D eigenvalue weighted by molar-refractivity contribution is 5.94. The molecule has 1 aliphatic heterocycles. The lowest BCUT2D eigenvalue weighted by molar-refractivity contribution is -0.129. The Morgan fingerprint density at radius 2 is 2.04 bits per heavy atom. The monoisotopic (exact) mass is 352 g/mol. The molecular formula is C20H24N4O2. The second kappa shape index (κ2) is 6.59. The Morgan fingerprint density at radius 1 is 1.27 bits per heavy atom. The second-order valence-electron chi connectivity index (χ2n) is 7.53. The molecule has 2 aliphatic rings. The van der Waals surface area contributed by atoms with E-state index in [4.69, 9.17) is 0 Å². The first kappa shape index (κ1) is 16.8. The largest absolute Gasteiger partial charge is 0.352 e. The van der Waals surface area contributed by atoms with Gasteiger partial charge in [-0.25, -0.2) is 0 Å². The maximum Gasteiger partial charge on any atom is 0.270 e. The SMILES string of the molecule is Cn1cccc1C(=O)N1CC(C(=O)NCc2ccncc2)C2(CCC2)C1. The van der Waals surface area contributed by atoms with Crippen LogP contribution < -0.4 is 5.32 Å². The highest BCUT2D eigenvalue weighted by Gasteiger charge is 2.54. The Kier molecular flexibility index (Phi) is 4.26. The van der Waals surface area contributed by atoms with Crippen molar-refractivity contribution in [1.29, 1.82) is 0 Å². The van der Waals surface area contributed by atoms with E-state index in [1.54, 1.807) is 12.4 Å². The quantitative estimate of drug-likeness (QED) is 0.915. The molecule has 2 amide bonds. The van der Waals surface area contributed by atoms with Gasteiger partial charge in [0.15, 0.2) is 0 Å². The van der Waals surface area contributed by atoms with Crippen LogP contribution in [0.4, 0.5) is 0 Å². The zero-order valence-corrected chi connectivity index (χ0v) is 15.0. The lowest BCUT2D eigenvalue weighted by atomic mass is 9.62. The van der Waals surface area contributed by atoms with E-state index in [1.807, 2.05) is 47.0 Å². The third-order valence-electron chi connectivity index (χ3n) is 5.98. The molecule has 136 valence electrons. The van der Waals surface area contributed by atoms with Gasteiger partial charge in [0.2, 0.25) is 5.91 Å². The van der Waals surface area contributed by atoms with Crippen molar-refractivity contribution in [3.63, 3.8) is 0 Å². The van der Waals surface area contributed by atoms with Crippen LogP contribution in [0.3, 0.4) is 0 Å². The summed E-state index contributed by atoms with van der Waals surface area (Å²) < 4.78 is 1.84. The summed E-state index contributed by atoms with van der Waals surface area (Å²) in [6.45, 7) is 1.69. The predicted molar refractivity (Wildman–Crippen MR) is 97.2 cm³/mol. The number of aromatic nitrogens is 2. The zero-order chi connectivity index (χ0) is 18.1. The van der Waals surface area contributed by atoms with Gasteiger partial charge in [0.1, 0.15) is 5.69 Å². The van der Waals surface area contributed by atoms with Gasteiger partial charge in [0, 0.05) is 50.7 Å². The standard InChI is InChI=1S/C20H24N4O2/c1-23-11-2-4-17(23)19(26)24-13-16(20(14-24)7-3-8-20)18(25)22-12-15-5-9-21-10-6-15/h2,4-6,9-11,16H,3,7-8,12-14H2,1H3,(H,22,25). The summed E-state index contributed by atoms with van der Waals surface area (Å²) in [4.78, 5) is 31.6. The van der Waals surface area contributed by atoms with Gasteiger partial charge in [-0.2, -0.15) is 0 Å². The average Bonchev–Trinajstić information content (AvgIpc) is 3.24. The fourth-order valence-corrected chi connectivity index (χ4v) is 4.28. The van der Waals surface area contributed by atoms with Gasteiger partial charge in [0.25, 0.3) is 5.91 Å². The van der Waals surface area contributed by atoms with E-state index in [2.05, 4.69) is 10.3 Å². The molecule has 1 N–H and O–H groups in total. The molecule has 26 heavy (non-hydrogen) atoms. The van der Waals surface area contributed by atoms with Crippen molar-refractivity contribution in [3.8, 4) is 0 Å². The number of hydrogen-bond donors (Lipinski definition) is 1. The number of likely N-dealkylation sites (tertiary alicyclic amines) is 1. The van der Waals surface area contributed by atoms with Crippen LogP contribution in [0.1, 0.15) is 35.3 Å². The van der Waals surface area contributed by atoms with Crippen LogP contribution in [-0.2, 0) is 18.4 Å². The molecule has 0 radical (unpaired) electrons. The average molecular weight is 352 g/mol. The number of rotatable bonds is 4. The smallest absolute Gasteiger partial charge is 0.270 e. The van der Waals surface area contributed by atoms with E-state index in [9.17, 15) is 9.59 Å². The lowest BCUT2D eigenvalue weighted by Crippen LogP contribution is -2.45. The highest BCUT2D eigenvalue weighted by Crippen LogP contribution is 2.52. The fraction of sp³-hybridized carbons (Fsp3) is 0.450. The molecule has 6 heteroatoms. The summed E-state index contributed by atoms with van der Waals surface area (Å²) in [6.07, 6.45) is 8.52. The summed E-state index contributed by atoms with van der Waals surface area (Å²) in [5.74, 6) is -0.0424. The summed E-state index contributed by atoms with van der Waals surface area (Å²) in [5, 5.41) is 3.06. The van der Waals surface area contributed by atoms with Crippen molar-refractivity contribution in [3.05, 3.63) is 54.1 Å². The van der Waals surface area contributed by atoms with Crippen molar-refractivity contribution >= 4 is 11.8 Å². The molecule has 0 aromatic carbocycles. The van der Waals surface area contributed by atoms with E-state index < -0.39 is 0 Å². The molecule has 2 aromatic rings. The van der Waals surface area contributed by atoms with Crippen LogP contribution in [0.15, 0.2) is 42.9 Å². The minimum atomic E-state index is -0.123. The highest BCUT2D eigenvalue weighted by atomic mass is 16.2. The minimum absolute atomic E-state index is 0.0215. The molecule has 1 unspecified atom stereocenters. The number of nitrogens with zero attached hydrogens (tertiary/aromatic N) is 3. The normalized spacial score (nSPS) is 20.8. The molecule has 4 rings (SSSR count). The number of carbonyl (C=O) groups excluding carboxylic acids is 2. The molecule has 3 heterocycles. The van der Waals surface area contributed by atoms with Gasteiger partial charge < -0.3 is 14.8 Å². The third kappa shape index (κ3) is 2.89. The van der Waals surface area contributed by atoms with E-state index in [-0.39, 0.29) is 23.1 Å². The minimum Gasteiger partial charge on any atom is -0.352 e. The van der Waals surface area contributed by atoms with Gasteiger partial charge in [-0.05, 0) is 42.7 Å². The van der Waals surface area contributed by atoms with E-state index in [0.717, 1.165) is 24.8 Å². The van der Waals surface area contributed by atoms with Crippen LogP contribution in [0.25, 0.3) is 0 Å². The van der Waals surface area contributed by atoms with Crippen LogP contribution in [-0.4, -0.2) is 39.4 Å². The number of carbonyl (C=O) groups is 2. The fourth-order valence-electron chi connectivity index (χ4n) is 4.28. The molecule has 1 aliphatic carbocycles. The van der Waals surface area contributed by atoms with Crippen molar-refractivity contribution in [2.75, 3.05) is 13.1 Å². The van der Waals surface area contributed by atoms with Gasteiger partial charge in [-0.3, -0.25) is 14.6 Å². The Balaban J connectivity index is 1.46. The molecule has 2 fully saturated rings. The van der Waals surface area contributed by atoms with E-state index in [0.29, 0.717) is 25.3 Å². The first-order valence-electron chi connectivity index (χ1n) is 9.16. The van der Waals surface area contributed by atoms with Crippen LogP contribution in [0.5, 0.6) is 0 Å². The summed E-state index contributed by atoms with van der Waals surface area (Å²) >= 11 is 0. The first-order valence-corrected chi connectivity index (χ1v) is 9.16. The first-order chi connectivity index (χ1) is 12.6. The van der Waals surface area contributed by atoms with Crippen LogP contribution in [0.2, 0.25) is 0 Å². The zero-order valence-electron chi connectivity index (χ0n) is 15.0. The molecule has 1 spiro atoms. The van der Waals surface area contributed by atoms with E-state index >= 15 is 0 Å². The van der Waals surface area contributed by atoms with Crippen molar-refractivity contribution in [2.45, 2.75) is 25.8 Å². The van der Waals surface area contributed by atoms with Gasteiger partial charge in [-0.1, -0.05) is 6.42 Å². The molecule has 6 nitrogen and oxygen atoms in total. The molecule has 1 atom stereocenters. The maximum atomic E-state index is 12.9. The second-order valence-corrected chi connectivity index (χ2v) is 7.53. The summed E-state index contributed by atoms with van der Waals surface area (Å²) in [6, 6.07) is 7.52. The summed E-state index contributed by atoms with van der Waals surface area (Å²) in [7, 11) is 1.88. The molecular weight excluding hydrogens is 328 g/mol. The van der Waals surface area contributed by atoms with Gasteiger partial charge in [-0.15, -0.1) is 0 Å². The molecule has 2 aromatic heterocycles. The number of amides is 2. The number of aryl methyl sites for hydroxylation is 1. The van der Waals surface area contributed by atoms with Crippen molar-refractivity contribution in [2.24, 2.45) is 18.4 Å². The number of pyridine rings is 1. The number of nitrogens with one attached hydrogen (secondary N) is 1. The predicted octanol–water partition coefficient (Wildman–Crippen LogP) is 1.98.